The predicted octanol–water partition coefficient (Wildman–Crippen LogP) is 3.83. The molecule has 2 aromatic carbocycles. The minimum atomic E-state index is -0.860. The monoisotopic (exact) mass is 434 g/mol. The molecule has 1 amide bonds. The number of carbonyl (C=O) groups is 1. The largest absolute Gasteiger partial charge is 0.451 e. The second-order valence-corrected chi connectivity index (χ2v) is 9.00. The minimum Gasteiger partial charge on any atom is -0.451 e. The molecular weight excluding hydrogens is 404 g/mol. The summed E-state index contributed by atoms with van der Waals surface area (Å²) in [6.07, 6.45) is 3.47. The zero-order chi connectivity index (χ0) is 22.0. The molecule has 0 aliphatic carbocycles. The number of nitrogens with zero attached hydrogens (tertiary/aromatic N) is 1. The molecule has 32 heavy (non-hydrogen) atoms. The Morgan fingerprint density at radius 3 is 2.69 bits per heavy atom. The van der Waals surface area contributed by atoms with E-state index >= 15 is 0 Å². The molecule has 3 heterocycles. The number of carbonyl (C=O) groups excluding carboxylic acids is 1. The van der Waals surface area contributed by atoms with Crippen LogP contribution in [-0.4, -0.2) is 48.3 Å². The first-order chi connectivity index (χ1) is 15.6. The van der Waals surface area contributed by atoms with Gasteiger partial charge < -0.3 is 19.6 Å². The van der Waals surface area contributed by atoms with Gasteiger partial charge in [0, 0.05) is 38.2 Å². The third-order valence-electron chi connectivity index (χ3n) is 6.72. The van der Waals surface area contributed by atoms with Crippen molar-refractivity contribution in [2.24, 2.45) is 0 Å². The maximum Gasteiger partial charge on any atom is 0.287 e. The van der Waals surface area contributed by atoms with E-state index < -0.39 is 5.60 Å². The molecule has 0 bridgehead atoms. The van der Waals surface area contributed by atoms with Crippen LogP contribution >= 0.6 is 0 Å². The third-order valence-corrected chi connectivity index (χ3v) is 6.72. The van der Waals surface area contributed by atoms with Gasteiger partial charge in [0.1, 0.15) is 5.58 Å². The molecule has 0 spiro atoms. The van der Waals surface area contributed by atoms with Crippen LogP contribution in [0.15, 0.2) is 59.0 Å². The van der Waals surface area contributed by atoms with Crippen molar-refractivity contribution in [3.8, 4) is 0 Å². The number of likely N-dealkylation sites (tertiary alicyclic amines) is 1. The number of furan rings is 1. The lowest BCUT2D eigenvalue weighted by atomic mass is 9.84. The quantitative estimate of drug-likeness (QED) is 0.617. The molecule has 6 heteroatoms. The van der Waals surface area contributed by atoms with Gasteiger partial charge in [0.05, 0.1) is 11.7 Å². The van der Waals surface area contributed by atoms with Crippen LogP contribution in [0.5, 0.6) is 0 Å². The third kappa shape index (κ3) is 4.58. The zero-order valence-electron chi connectivity index (χ0n) is 18.3. The van der Waals surface area contributed by atoms with E-state index in [1.165, 1.54) is 5.56 Å². The van der Waals surface area contributed by atoms with E-state index in [9.17, 15) is 9.90 Å². The van der Waals surface area contributed by atoms with Crippen LogP contribution in [-0.2, 0) is 16.9 Å². The molecule has 3 aromatic rings. The van der Waals surface area contributed by atoms with Gasteiger partial charge in [-0.05, 0) is 55.0 Å². The number of hydrogen-bond donors (Lipinski definition) is 2. The number of nitrogens with one attached hydrogen (secondary N) is 1. The van der Waals surface area contributed by atoms with Crippen molar-refractivity contribution in [1.29, 1.82) is 0 Å². The van der Waals surface area contributed by atoms with Gasteiger partial charge in [-0.25, -0.2) is 0 Å². The van der Waals surface area contributed by atoms with Gasteiger partial charge in [0.15, 0.2) is 5.76 Å². The van der Waals surface area contributed by atoms with E-state index in [1.807, 2.05) is 24.3 Å². The maximum absolute atomic E-state index is 12.5. The Hall–Kier alpha value is -2.67. The SMILES string of the molecule is O=C(NC[C@@H]1CCCO1)c1cc2cc(C3(O)CCN(Cc4ccccc4)CC3)ccc2o1. The van der Waals surface area contributed by atoms with Crippen LogP contribution < -0.4 is 5.32 Å². The van der Waals surface area contributed by atoms with Gasteiger partial charge in [-0.1, -0.05) is 36.4 Å². The standard InChI is InChI=1S/C26H30N2O4/c29-25(27-17-22-7-4-14-31-22)24-16-20-15-21(8-9-23(20)32-24)26(30)10-12-28(13-11-26)18-19-5-2-1-3-6-19/h1-3,5-6,8-9,15-16,22,30H,4,7,10-14,17-18H2,(H,27,29)/t22-/m0/s1. The second-order valence-electron chi connectivity index (χ2n) is 9.00. The molecule has 2 saturated heterocycles. The maximum atomic E-state index is 12.5. The average Bonchev–Trinajstić information content (AvgIpc) is 3.49. The minimum absolute atomic E-state index is 0.0944. The Balaban J connectivity index is 1.23. The van der Waals surface area contributed by atoms with E-state index in [-0.39, 0.29) is 12.0 Å². The van der Waals surface area contributed by atoms with E-state index in [2.05, 4.69) is 34.5 Å². The molecular formula is C26H30N2O4. The first-order valence-electron chi connectivity index (χ1n) is 11.5. The van der Waals surface area contributed by atoms with Gasteiger partial charge in [0.25, 0.3) is 5.91 Å². The fourth-order valence-corrected chi connectivity index (χ4v) is 4.76. The number of benzene rings is 2. The number of fused-ring (bicyclic) bond motifs is 1. The lowest BCUT2D eigenvalue weighted by molar-refractivity contribution is -0.0276. The first kappa shape index (κ1) is 21.2. The summed E-state index contributed by atoms with van der Waals surface area (Å²) < 4.78 is 11.3. The number of aliphatic hydroxyl groups is 1. The summed E-state index contributed by atoms with van der Waals surface area (Å²) in [7, 11) is 0. The van der Waals surface area contributed by atoms with Crippen LogP contribution in [0.4, 0.5) is 0 Å². The highest BCUT2D eigenvalue weighted by Gasteiger charge is 2.34. The number of piperidine rings is 1. The molecule has 5 rings (SSSR count). The van der Waals surface area contributed by atoms with Crippen LogP contribution in [0.1, 0.15) is 47.4 Å². The zero-order valence-corrected chi connectivity index (χ0v) is 18.3. The molecule has 168 valence electrons. The number of hydrogen-bond acceptors (Lipinski definition) is 5. The van der Waals surface area contributed by atoms with Crippen LogP contribution in [0, 0.1) is 0 Å². The summed E-state index contributed by atoms with van der Waals surface area (Å²) >= 11 is 0. The van der Waals surface area contributed by atoms with Gasteiger partial charge in [-0.15, -0.1) is 0 Å². The van der Waals surface area contributed by atoms with E-state index in [0.29, 0.717) is 30.7 Å². The Morgan fingerprint density at radius 1 is 1.12 bits per heavy atom. The Kier molecular flexibility index (Phi) is 6.00. The summed E-state index contributed by atoms with van der Waals surface area (Å²) in [5.74, 6) is 0.0611. The first-order valence-corrected chi connectivity index (χ1v) is 11.5. The van der Waals surface area contributed by atoms with E-state index in [4.69, 9.17) is 9.15 Å². The second kappa shape index (κ2) is 9.06. The molecule has 2 fully saturated rings. The highest BCUT2D eigenvalue weighted by atomic mass is 16.5. The van der Waals surface area contributed by atoms with Crippen molar-refractivity contribution < 1.29 is 19.1 Å². The van der Waals surface area contributed by atoms with Crippen LogP contribution in [0.2, 0.25) is 0 Å². The molecule has 1 aromatic heterocycles. The van der Waals surface area contributed by atoms with Crippen molar-refractivity contribution >= 4 is 16.9 Å². The summed E-state index contributed by atoms with van der Waals surface area (Å²) in [6, 6.07) is 17.9. The number of amides is 1. The van der Waals surface area contributed by atoms with Gasteiger partial charge >= 0.3 is 0 Å². The summed E-state index contributed by atoms with van der Waals surface area (Å²) in [4.78, 5) is 14.9. The Bertz CT molecular complexity index is 1060. The van der Waals surface area contributed by atoms with Gasteiger partial charge in [-0.3, -0.25) is 9.69 Å². The van der Waals surface area contributed by atoms with Crippen LogP contribution in [0.25, 0.3) is 11.0 Å². The molecule has 6 nitrogen and oxygen atoms in total. The predicted molar refractivity (Wildman–Crippen MR) is 122 cm³/mol. The lowest BCUT2D eigenvalue weighted by Gasteiger charge is -2.38. The lowest BCUT2D eigenvalue weighted by Crippen LogP contribution is -2.42. The van der Waals surface area contributed by atoms with Gasteiger partial charge in [0.2, 0.25) is 0 Å². The fraction of sp³-hybridized carbons (Fsp3) is 0.423. The smallest absolute Gasteiger partial charge is 0.287 e. The Morgan fingerprint density at radius 2 is 1.94 bits per heavy atom. The van der Waals surface area contributed by atoms with Gasteiger partial charge in [-0.2, -0.15) is 0 Å². The molecule has 1 atom stereocenters. The van der Waals surface area contributed by atoms with Crippen molar-refractivity contribution in [3.05, 3.63) is 71.5 Å². The Labute approximate surface area is 188 Å². The molecule has 0 unspecified atom stereocenters. The molecule has 2 aliphatic rings. The van der Waals surface area contributed by atoms with E-state index in [1.54, 1.807) is 6.07 Å². The molecule has 0 radical (unpaired) electrons. The van der Waals surface area contributed by atoms with E-state index in [0.717, 1.165) is 50.0 Å². The summed E-state index contributed by atoms with van der Waals surface area (Å²) in [5, 5.41) is 15.1. The van der Waals surface area contributed by atoms with Crippen molar-refractivity contribution in [3.63, 3.8) is 0 Å². The highest BCUT2D eigenvalue weighted by Crippen LogP contribution is 2.35. The highest BCUT2D eigenvalue weighted by molar-refractivity contribution is 5.96. The van der Waals surface area contributed by atoms with Crippen molar-refractivity contribution in [2.75, 3.05) is 26.2 Å². The van der Waals surface area contributed by atoms with Crippen LogP contribution in [0.3, 0.4) is 0 Å². The molecule has 0 saturated carbocycles. The summed E-state index contributed by atoms with van der Waals surface area (Å²) in [5.41, 5.74) is 1.97. The van der Waals surface area contributed by atoms with Crippen molar-refractivity contribution in [2.45, 2.75) is 43.9 Å². The van der Waals surface area contributed by atoms with Crippen molar-refractivity contribution in [1.82, 2.24) is 10.2 Å². The fourth-order valence-electron chi connectivity index (χ4n) is 4.76. The molecule has 2 aliphatic heterocycles. The average molecular weight is 435 g/mol. The normalized spacial score (nSPS) is 21.1. The summed E-state index contributed by atoms with van der Waals surface area (Å²) in [6.45, 7) is 3.85. The number of rotatable bonds is 6. The topological polar surface area (TPSA) is 74.9 Å². The molecule has 2 N–H and O–H groups in total. The number of ether oxygens (including phenoxy) is 1.